The van der Waals surface area contributed by atoms with E-state index < -0.39 is 21.5 Å². The number of hydrogen-bond donors (Lipinski definition) is 2. The molecule has 0 radical (unpaired) electrons. The van der Waals surface area contributed by atoms with Crippen LogP contribution in [0, 0.1) is 13.8 Å². The van der Waals surface area contributed by atoms with Crippen molar-refractivity contribution in [2.24, 2.45) is 0 Å². The number of sulfonamides is 1. The van der Waals surface area contributed by atoms with Crippen molar-refractivity contribution in [3.63, 3.8) is 0 Å². The molecule has 0 fully saturated rings. The molecule has 10 heteroatoms. The molecule has 0 atom stereocenters. The highest BCUT2D eigenvalue weighted by Crippen LogP contribution is 2.34. The average molecular weight is 497 g/mol. The number of pyridine rings is 1. The minimum absolute atomic E-state index is 0.114. The Labute approximate surface area is 196 Å². The van der Waals surface area contributed by atoms with Crippen LogP contribution in [0.5, 0.6) is 5.75 Å². The SMILES string of the molecule is Cc1cc(C)c2cccc(OCc3c(Cl)ccc(S(=O)(=O)NC(C)(C)C(=O)O)c3Cl)c2n1. The predicted octanol–water partition coefficient (Wildman–Crippen LogP) is 4.88. The van der Waals surface area contributed by atoms with Crippen molar-refractivity contribution in [2.75, 3.05) is 0 Å². The van der Waals surface area contributed by atoms with Gasteiger partial charge < -0.3 is 9.84 Å². The second kappa shape index (κ2) is 8.86. The molecule has 0 aliphatic heterocycles. The van der Waals surface area contributed by atoms with Gasteiger partial charge in [-0.25, -0.2) is 13.4 Å². The number of nitrogens with one attached hydrogen (secondary N) is 1. The Hall–Kier alpha value is -2.39. The number of aryl methyl sites for hydroxylation is 2. The van der Waals surface area contributed by atoms with Gasteiger partial charge in [0.2, 0.25) is 10.0 Å². The number of ether oxygens (including phenoxy) is 1. The summed E-state index contributed by atoms with van der Waals surface area (Å²) in [6, 6.07) is 10.1. The second-order valence-corrected chi connectivity index (χ2v) is 10.3. The standard InChI is InChI=1S/C22H22Cl2N2O5S/c1-12-10-13(2)25-20-14(12)6-5-7-17(20)31-11-15-16(23)8-9-18(19(15)24)32(29,30)26-22(3,4)21(27)28/h5-10,26H,11H2,1-4H3,(H,27,28). The summed E-state index contributed by atoms with van der Waals surface area (Å²) < 4.78 is 33.7. The van der Waals surface area contributed by atoms with Crippen molar-refractivity contribution in [1.29, 1.82) is 0 Å². The first-order valence-corrected chi connectivity index (χ1v) is 11.8. The van der Waals surface area contributed by atoms with Crippen LogP contribution in [-0.4, -0.2) is 30.0 Å². The molecule has 3 aromatic rings. The highest BCUT2D eigenvalue weighted by atomic mass is 35.5. The van der Waals surface area contributed by atoms with Gasteiger partial charge in [-0.1, -0.05) is 35.3 Å². The molecule has 170 valence electrons. The summed E-state index contributed by atoms with van der Waals surface area (Å²) in [5.74, 6) is -0.830. The van der Waals surface area contributed by atoms with Gasteiger partial charge in [-0.15, -0.1) is 0 Å². The molecule has 0 saturated heterocycles. The molecular formula is C22H22Cl2N2O5S. The van der Waals surface area contributed by atoms with E-state index in [0.717, 1.165) is 16.6 Å². The Morgan fingerprint density at radius 1 is 1.19 bits per heavy atom. The maximum atomic E-state index is 12.8. The van der Waals surface area contributed by atoms with Crippen LogP contribution in [0.3, 0.4) is 0 Å². The molecule has 0 aliphatic rings. The maximum Gasteiger partial charge on any atom is 0.324 e. The average Bonchev–Trinajstić information content (AvgIpc) is 2.66. The lowest BCUT2D eigenvalue weighted by Crippen LogP contribution is -2.49. The molecule has 32 heavy (non-hydrogen) atoms. The summed E-state index contributed by atoms with van der Waals surface area (Å²) in [6.45, 7) is 6.22. The van der Waals surface area contributed by atoms with E-state index in [2.05, 4.69) is 9.71 Å². The minimum Gasteiger partial charge on any atom is -0.487 e. The molecule has 2 aromatic carbocycles. The number of para-hydroxylation sites is 1. The van der Waals surface area contributed by atoms with Crippen molar-refractivity contribution >= 4 is 50.1 Å². The Morgan fingerprint density at radius 2 is 1.88 bits per heavy atom. The topological polar surface area (TPSA) is 106 Å². The van der Waals surface area contributed by atoms with Gasteiger partial charge in [-0.3, -0.25) is 4.79 Å². The highest BCUT2D eigenvalue weighted by molar-refractivity contribution is 7.89. The lowest BCUT2D eigenvalue weighted by atomic mass is 10.1. The maximum absolute atomic E-state index is 12.8. The van der Waals surface area contributed by atoms with E-state index >= 15 is 0 Å². The van der Waals surface area contributed by atoms with Crippen molar-refractivity contribution < 1.29 is 23.1 Å². The first-order chi connectivity index (χ1) is 14.8. The van der Waals surface area contributed by atoms with E-state index in [4.69, 9.17) is 27.9 Å². The molecule has 0 spiro atoms. The van der Waals surface area contributed by atoms with Crippen LogP contribution in [0.25, 0.3) is 10.9 Å². The smallest absolute Gasteiger partial charge is 0.324 e. The summed E-state index contributed by atoms with van der Waals surface area (Å²) in [5.41, 5.74) is 1.08. The Bertz CT molecular complexity index is 1320. The van der Waals surface area contributed by atoms with Crippen LogP contribution in [0.15, 0.2) is 41.3 Å². The van der Waals surface area contributed by atoms with Crippen molar-refractivity contribution in [3.8, 4) is 5.75 Å². The number of carboxylic acid groups (broad SMARTS) is 1. The fourth-order valence-electron chi connectivity index (χ4n) is 3.17. The number of halogens is 2. The van der Waals surface area contributed by atoms with Gasteiger partial charge in [0.15, 0.2) is 0 Å². The number of aromatic nitrogens is 1. The van der Waals surface area contributed by atoms with E-state index in [0.29, 0.717) is 11.3 Å². The zero-order valence-electron chi connectivity index (χ0n) is 17.9. The summed E-state index contributed by atoms with van der Waals surface area (Å²) in [5, 5.41) is 10.2. The van der Waals surface area contributed by atoms with Crippen LogP contribution in [0.1, 0.15) is 30.7 Å². The number of rotatable bonds is 7. The molecule has 2 N–H and O–H groups in total. The molecule has 7 nitrogen and oxygen atoms in total. The van der Waals surface area contributed by atoms with E-state index in [1.54, 1.807) is 6.07 Å². The van der Waals surface area contributed by atoms with Gasteiger partial charge in [0.1, 0.15) is 28.3 Å². The number of benzene rings is 2. The quantitative estimate of drug-likeness (QED) is 0.482. The summed E-state index contributed by atoms with van der Waals surface area (Å²) >= 11 is 12.7. The normalized spacial score (nSPS) is 12.2. The molecule has 3 rings (SSSR count). The number of hydrogen-bond acceptors (Lipinski definition) is 5. The van der Waals surface area contributed by atoms with E-state index in [1.165, 1.54) is 26.0 Å². The van der Waals surface area contributed by atoms with Gasteiger partial charge in [-0.2, -0.15) is 4.72 Å². The summed E-state index contributed by atoms with van der Waals surface area (Å²) in [7, 11) is -4.25. The Kier molecular flexibility index (Phi) is 6.72. The van der Waals surface area contributed by atoms with Crippen LogP contribution in [-0.2, 0) is 21.4 Å². The summed E-state index contributed by atoms with van der Waals surface area (Å²) in [6.07, 6.45) is 0. The number of aliphatic carboxylic acids is 1. The van der Waals surface area contributed by atoms with Gasteiger partial charge in [0.25, 0.3) is 0 Å². The number of nitrogens with zero attached hydrogens (tertiary/aromatic N) is 1. The van der Waals surface area contributed by atoms with Gasteiger partial charge >= 0.3 is 5.97 Å². The number of carbonyl (C=O) groups is 1. The first kappa shape index (κ1) is 24.3. The third-order valence-electron chi connectivity index (χ3n) is 4.87. The highest BCUT2D eigenvalue weighted by Gasteiger charge is 2.34. The third-order valence-corrected chi connectivity index (χ3v) is 7.47. The van der Waals surface area contributed by atoms with Crippen molar-refractivity contribution in [2.45, 2.75) is 44.7 Å². The van der Waals surface area contributed by atoms with Gasteiger partial charge in [0.05, 0.1) is 5.02 Å². The van der Waals surface area contributed by atoms with Gasteiger partial charge in [-0.05, 0) is 57.5 Å². The number of carboxylic acids is 1. The largest absolute Gasteiger partial charge is 0.487 e. The lowest BCUT2D eigenvalue weighted by molar-refractivity contribution is -0.142. The van der Waals surface area contributed by atoms with Crippen LogP contribution < -0.4 is 9.46 Å². The fraction of sp³-hybridized carbons (Fsp3) is 0.273. The summed E-state index contributed by atoms with van der Waals surface area (Å²) in [4.78, 5) is 15.6. The van der Waals surface area contributed by atoms with E-state index in [-0.39, 0.29) is 27.1 Å². The fourth-order valence-corrected chi connectivity index (χ4v) is 5.43. The van der Waals surface area contributed by atoms with E-state index in [9.17, 15) is 18.3 Å². The van der Waals surface area contributed by atoms with E-state index in [1.807, 2.05) is 32.0 Å². The Balaban J connectivity index is 1.98. The monoisotopic (exact) mass is 496 g/mol. The molecule has 0 amide bonds. The molecule has 1 heterocycles. The lowest BCUT2D eigenvalue weighted by Gasteiger charge is -2.22. The molecule has 0 unspecified atom stereocenters. The van der Waals surface area contributed by atoms with Crippen LogP contribution in [0.2, 0.25) is 10.0 Å². The number of fused-ring (bicyclic) bond motifs is 1. The molecular weight excluding hydrogens is 475 g/mol. The molecule has 1 aromatic heterocycles. The zero-order valence-corrected chi connectivity index (χ0v) is 20.2. The first-order valence-electron chi connectivity index (χ1n) is 9.57. The van der Waals surface area contributed by atoms with Crippen molar-refractivity contribution in [3.05, 3.63) is 63.3 Å². The minimum atomic E-state index is -4.25. The van der Waals surface area contributed by atoms with Crippen LogP contribution in [0.4, 0.5) is 0 Å². The second-order valence-electron chi connectivity index (χ2n) is 7.90. The molecule has 0 bridgehead atoms. The van der Waals surface area contributed by atoms with Gasteiger partial charge in [0, 0.05) is 21.7 Å². The molecule has 0 saturated carbocycles. The van der Waals surface area contributed by atoms with Crippen LogP contribution >= 0.6 is 23.2 Å². The predicted molar refractivity (Wildman–Crippen MR) is 124 cm³/mol. The zero-order chi connectivity index (χ0) is 23.8. The van der Waals surface area contributed by atoms with Crippen molar-refractivity contribution in [1.82, 2.24) is 9.71 Å². The third kappa shape index (κ3) is 4.83. The molecule has 0 aliphatic carbocycles. The Morgan fingerprint density at radius 3 is 2.53 bits per heavy atom.